The molecule has 0 unspecified atom stereocenters. The second kappa shape index (κ2) is 8.31. The Hall–Kier alpha value is -1.92. The van der Waals surface area contributed by atoms with Gasteiger partial charge in [-0.1, -0.05) is 12.1 Å². The van der Waals surface area contributed by atoms with Crippen LogP contribution in [0.15, 0.2) is 36.2 Å². The molecule has 0 radical (unpaired) electrons. The van der Waals surface area contributed by atoms with E-state index < -0.39 is 0 Å². The second-order valence-corrected chi connectivity index (χ2v) is 9.42. The van der Waals surface area contributed by atoms with Crippen molar-refractivity contribution in [1.29, 1.82) is 0 Å². The molecule has 4 saturated carbocycles. The highest BCUT2D eigenvalue weighted by atomic mass is 19.1. The van der Waals surface area contributed by atoms with Gasteiger partial charge in [0.1, 0.15) is 12.4 Å². The highest BCUT2D eigenvalue weighted by molar-refractivity contribution is 5.83. The topological polar surface area (TPSA) is 73.6 Å². The number of carbonyl (C=O) groups is 1. The summed E-state index contributed by atoms with van der Waals surface area (Å²) in [6, 6.07) is 8.17. The number of fused-ring (bicyclic) bond motifs is 3. The molecule has 0 spiro atoms. The maximum Gasteiger partial charge on any atom is 0.226 e. The smallest absolute Gasteiger partial charge is 0.226 e. The van der Waals surface area contributed by atoms with Crippen LogP contribution in [-0.2, 0) is 14.9 Å². The molecule has 164 valence electrons. The van der Waals surface area contributed by atoms with E-state index in [1.54, 1.807) is 7.11 Å². The number of halogens is 1. The number of nitrogens with two attached hydrogens (primary N) is 1. The summed E-state index contributed by atoms with van der Waals surface area (Å²) in [7, 11) is 1.73. The fraction of sp³-hybridized carbons (Fsp3) is 0.625. The lowest BCUT2D eigenvalue weighted by atomic mass is 9.51. The van der Waals surface area contributed by atoms with Gasteiger partial charge in [-0.3, -0.25) is 4.79 Å². The van der Waals surface area contributed by atoms with Gasteiger partial charge >= 0.3 is 0 Å². The first kappa shape index (κ1) is 21.3. The molecule has 6 heteroatoms. The van der Waals surface area contributed by atoms with Gasteiger partial charge in [0.25, 0.3) is 0 Å². The lowest BCUT2D eigenvalue weighted by Gasteiger charge is -2.53. The molecular weight excluding hydrogens is 383 g/mol. The number of ether oxygens (including phenoxy) is 2. The summed E-state index contributed by atoms with van der Waals surface area (Å²) < 4.78 is 23.8. The zero-order valence-corrected chi connectivity index (χ0v) is 17.8. The van der Waals surface area contributed by atoms with Crippen LogP contribution in [0.4, 0.5) is 4.39 Å². The van der Waals surface area contributed by atoms with Gasteiger partial charge < -0.3 is 20.5 Å². The Morgan fingerprint density at radius 1 is 1.10 bits per heavy atom. The molecule has 0 aromatic heterocycles. The molecule has 0 heterocycles. The van der Waals surface area contributed by atoms with Crippen LogP contribution in [0, 0.1) is 5.41 Å². The minimum absolute atomic E-state index is 0.103. The monoisotopic (exact) mass is 416 g/mol. The average molecular weight is 417 g/mol. The van der Waals surface area contributed by atoms with E-state index in [0.717, 1.165) is 57.1 Å². The first-order valence-corrected chi connectivity index (χ1v) is 11.0. The van der Waals surface area contributed by atoms with Crippen molar-refractivity contribution in [1.82, 2.24) is 5.32 Å². The fourth-order valence-corrected chi connectivity index (χ4v) is 5.20. The Kier molecular flexibility index (Phi) is 5.90. The zero-order chi connectivity index (χ0) is 21.2. The maximum atomic E-state index is 13.0. The first-order valence-electron chi connectivity index (χ1n) is 11.0. The minimum Gasteiger partial charge on any atom is -0.489 e. The third-order valence-corrected chi connectivity index (χ3v) is 7.85. The molecule has 0 aliphatic heterocycles. The summed E-state index contributed by atoms with van der Waals surface area (Å²) in [5, 5.41) is 3.19. The first-order chi connectivity index (χ1) is 14.5. The highest BCUT2D eigenvalue weighted by Gasteiger charge is 2.53. The van der Waals surface area contributed by atoms with E-state index in [2.05, 4.69) is 17.4 Å². The quantitative estimate of drug-likeness (QED) is 0.643. The van der Waals surface area contributed by atoms with Crippen LogP contribution in [0.25, 0.3) is 0 Å². The molecule has 0 atom stereocenters. The summed E-state index contributed by atoms with van der Waals surface area (Å²) in [6.07, 6.45) is 8.54. The van der Waals surface area contributed by atoms with Gasteiger partial charge in [-0.05, 0) is 74.5 Å². The van der Waals surface area contributed by atoms with Crippen molar-refractivity contribution in [2.45, 2.75) is 62.4 Å². The normalized spacial score (nSPS) is 29.5. The van der Waals surface area contributed by atoms with E-state index in [1.807, 2.05) is 12.1 Å². The lowest BCUT2D eigenvalue weighted by Crippen LogP contribution is -2.52. The summed E-state index contributed by atoms with van der Waals surface area (Å²) in [5.74, 6) is 0.940. The van der Waals surface area contributed by atoms with E-state index in [0.29, 0.717) is 18.4 Å². The van der Waals surface area contributed by atoms with E-state index in [4.69, 9.17) is 15.2 Å². The number of benzene rings is 1. The Morgan fingerprint density at radius 3 is 2.23 bits per heavy atom. The van der Waals surface area contributed by atoms with E-state index in [-0.39, 0.29) is 35.5 Å². The number of carbonyl (C=O) groups excluding carboxylic acids is 1. The molecule has 30 heavy (non-hydrogen) atoms. The predicted molar refractivity (Wildman–Crippen MR) is 114 cm³/mol. The maximum absolute atomic E-state index is 13.0. The van der Waals surface area contributed by atoms with Crippen molar-refractivity contribution in [3.63, 3.8) is 0 Å². The van der Waals surface area contributed by atoms with Crippen LogP contribution < -0.4 is 15.8 Å². The standard InChI is InChI=1S/C24H33FN2O3/c1-29-24(12-13-24)17-27-21(28)23-9-6-22(7-10-23,8-11-23)19-2-4-20(5-3-19)30-16-18(14-25)15-26/h2-5,14H,6-13,15-17,26H2,1H3,(H,27,28)/b18-14+. The number of amides is 1. The molecule has 1 amide bonds. The molecule has 1 aromatic carbocycles. The van der Waals surface area contributed by atoms with E-state index in [9.17, 15) is 9.18 Å². The summed E-state index contributed by atoms with van der Waals surface area (Å²) in [6.45, 7) is 0.957. The molecule has 5 nitrogen and oxygen atoms in total. The summed E-state index contributed by atoms with van der Waals surface area (Å²) in [4.78, 5) is 13.0. The molecule has 5 rings (SSSR count). The minimum atomic E-state index is -0.202. The van der Waals surface area contributed by atoms with Gasteiger partial charge in [-0.25, -0.2) is 4.39 Å². The summed E-state index contributed by atoms with van der Waals surface area (Å²) >= 11 is 0. The zero-order valence-electron chi connectivity index (χ0n) is 17.8. The van der Waals surface area contributed by atoms with Gasteiger partial charge in [-0.2, -0.15) is 0 Å². The Balaban J connectivity index is 1.35. The highest BCUT2D eigenvalue weighted by Crippen LogP contribution is 2.58. The third kappa shape index (κ3) is 4.00. The molecular formula is C24H33FN2O3. The van der Waals surface area contributed by atoms with Gasteiger partial charge in [0.2, 0.25) is 5.91 Å². The van der Waals surface area contributed by atoms with Crippen LogP contribution in [-0.4, -0.2) is 38.3 Å². The van der Waals surface area contributed by atoms with Crippen molar-refractivity contribution < 1.29 is 18.7 Å². The van der Waals surface area contributed by atoms with Crippen molar-refractivity contribution in [2.24, 2.45) is 11.1 Å². The number of methoxy groups -OCH3 is 1. The van der Waals surface area contributed by atoms with Crippen molar-refractivity contribution >= 4 is 5.91 Å². The molecule has 4 aliphatic carbocycles. The lowest BCUT2D eigenvalue weighted by molar-refractivity contribution is -0.138. The Morgan fingerprint density at radius 2 is 1.73 bits per heavy atom. The fourth-order valence-electron chi connectivity index (χ4n) is 5.20. The third-order valence-electron chi connectivity index (χ3n) is 7.85. The molecule has 1 aromatic rings. The molecule has 4 aliphatic rings. The average Bonchev–Trinajstić information content (AvgIpc) is 3.60. The molecule has 2 bridgehead atoms. The second-order valence-electron chi connectivity index (χ2n) is 9.42. The summed E-state index contributed by atoms with van der Waals surface area (Å²) in [5.41, 5.74) is 7.08. The SMILES string of the molecule is COC1(CNC(=O)C23CCC(c4ccc(OC/C(=C/F)CN)cc4)(CC2)CC3)CC1. The van der Waals surface area contributed by atoms with Gasteiger partial charge in [-0.15, -0.1) is 0 Å². The van der Waals surface area contributed by atoms with Crippen LogP contribution >= 0.6 is 0 Å². The number of hydrogen-bond donors (Lipinski definition) is 2. The van der Waals surface area contributed by atoms with Crippen molar-refractivity contribution in [2.75, 3.05) is 26.8 Å². The molecule has 0 saturated heterocycles. The van der Waals surface area contributed by atoms with E-state index >= 15 is 0 Å². The number of rotatable bonds is 9. The number of hydrogen-bond acceptors (Lipinski definition) is 4. The van der Waals surface area contributed by atoms with Crippen LogP contribution in [0.2, 0.25) is 0 Å². The van der Waals surface area contributed by atoms with Crippen LogP contribution in [0.3, 0.4) is 0 Å². The molecule has 4 fully saturated rings. The van der Waals surface area contributed by atoms with Gasteiger partial charge in [0.05, 0.1) is 11.9 Å². The number of nitrogens with one attached hydrogen (secondary N) is 1. The van der Waals surface area contributed by atoms with Gasteiger partial charge in [0.15, 0.2) is 0 Å². The van der Waals surface area contributed by atoms with Crippen LogP contribution in [0.1, 0.15) is 56.9 Å². The van der Waals surface area contributed by atoms with E-state index in [1.165, 1.54) is 5.56 Å². The largest absolute Gasteiger partial charge is 0.489 e. The predicted octanol–water partition coefficient (Wildman–Crippen LogP) is 3.76. The molecule has 3 N–H and O–H groups in total. The Labute approximate surface area is 178 Å². The van der Waals surface area contributed by atoms with Crippen molar-refractivity contribution in [3.05, 3.63) is 41.7 Å². The Bertz CT molecular complexity index is 777. The van der Waals surface area contributed by atoms with Crippen molar-refractivity contribution in [3.8, 4) is 5.75 Å². The van der Waals surface area contributed by atoms with Crippen LogP contribution in [0.5, 0.6) is 5.75 Å². The van der Waals surface area contributed by atoms with Gasteiger partial charge in [0, 0.05) is 31.2 Å².